The molecule has 1 aliphatic carbocycles. The van der Waals surface area contributed by atoms with Crippen LogP contribution < -0.4 is 0 Å². The minimum atomic E-state index is 0.353. The summed E-state index contributed by atoms with van der Waals surface area (Å²) in [5.74, 6) is 1.24. The molecule has 90 valence electrons. The Labute approximate surface area is 94.3 Å². The van der Waals surface area contributed by atoms with Crippen LogP contribution in [0.5, 0.6) is 0 Å². The maximum atomic E-state index is 5.88. The lowest BCUT2D eigenvalue weighted by molar-refractivity contribution is -0.0684. The molecule has 0 N–H and O–H groups in total. The van der Waals surface area contributed by atoms with E-state index in [2.05, 4.69) is 27.7 Å². The standard InChI is InChI=1S/C13H26O2/c1-10(2)8-14-12-6-5-7-13(12)15-9-11(3)4/h10-13H,5-9H2,1-4H3/t12-,13-/m1/s1. The van der Waals surface area contributed by atoms with Crippen molar-refractivity contribution >= 4 is 0 Å². The molecule has 0 radical (unpaired) electrons. The minimum absolute atomic E-state index is 0.353. The molecule has 0 unspecified atom stereocenters. The Morgan fingerprint density at radius 1 is 0.867 bits per heavy atom. The van der Waals surface area contributed by atoms with E-state index in [1.807, 2.05) is 0 Å². The number of hydrogen-bond donors (Lipinski definition) is 0. The maximum absolute atomic E-state index is 5.88. The zero-order valence-corrected chi connectivity index (χ0v) is 10.7. The molecule has 2 heteroatoms. The van der Waals surface area contributed by atoms with Crippen LogP contribution in [0.15, 0.2) is 0 Å². The lowest BCUT2D eigenvalue weighted by atomic mass is 10.2. The van der Waals surface area contributed by atoms with Gasteiger partial charge in [-0.3, -0.25) is 0 Å². The summed E-state index contributed by atoms with van der Waals surface area (Å²) in [6, 6.07) is 0. The molecule has 2 nitrogen and oxygen atoms in total. The molecule has 0 aromatic heterocycles. The fourth-order valence-electron chi connectivity index (χ4n) is 1.91. The first-order chi connectivity index (χ1) is 7.09. The fraction of sp³-hybridized carbons (Fsp3) is 1.00. The lowest BCUT2D eigenvalue weighted by Gasteiger charge is -2.22. The highest BCUT2D eigenvalue weighted by Gasteiger charge is 2.28. The summed E-state index contributed by atoms with van der Waals surface area (Å²) in [4.78, 5) is 0. The van der Waals surface area contributed by atoms with E-state index in [0.717, 1.165) is 13.2 Å². The molecule has 0 aliphatic heterocycles. The van der Waals surface area contributed by atoms with Crippen LogP contribution >= 0.6 is 0 Å². The average molecular weight is 214 g/mol. The molecule has 0 aromatic rings. The van der Waals surface area contributed by atoms with Gasteiger partial charge in [0.05, 0.1) is 12.2 Å². The van der Waals surface area contributed by atoms with E-state index in [1.165, 1.54) is 19.3 Å². The summed E-state index contributed by atoms with van der Waals surface area (Å²) >= 11 is 0. The van der Waals surface area contributed by atoms with Crippen LogP contribution in [0.2, 0.25) is 0 Å². The predicted octanol–water partition coefficient (Wildman–Crippen LogP) is 3.25. The highest BCUT2D eigenvalue weighted by Crippen LogP contribution is 2.25. The highest BCUT2D eigenvalue weighted by atomic mass is 16.5. The maximum Gasteiger partial charge on any atom is 0.0836 e. The van der Waals surface area contributed by atoms with Crippen molar-refractivity contribution in [2.75, 3.05) is 13.2 Å². The fourth-order valence-corrected chi connectivity index (χ4v) is 1.91. The average Bonchev–Trinajstić information content (AvgIpc) is 2.58. The third-order valence-corrected chi connectivity index (χ3v) is 2.68. The Morgan fingerprint density at radius 2 is 1.27 bits per heavy atom. The Hall–Kier alpha value is -0.0800. The molecule has 1 fully saturated rings. The quantitative estimate of drug-likeness (QED) is 0.675. The Morgan fingerprint density at radius 3 is 1.60 bits per heavy atom. The molecule has 1 aliphatic rings. The Bertz CT molecular complexity index is 148. The molecule has 0 saturated heterocycles. The van der Waals surface area contributed by atoms with Crippen molar-refractivity contribution in [1.29, 1.82) is 0 Å². The number of hydrogen-bond acceptors (Lipinski definition) is 2. The van der Waals surface area contributed by atoms with Gasteiger partial charge < -0.3 is 9.47 Å². The van der Waals surface area contributed by atoms with Gasteiger partial charge in [0.15, 0.2) is 0 Å². The molecule has 0 amide bonds. The van der Waals surface area contributed by atoms with Crippen LogP contribution in [-0.4, -0.2) is 25.4 Å². The van der Waals surface area contributed by atoms with Crippen molar-refractivity contribution in [3.63, 3.8) is 0 Å². The number of ether oxygens (including phenoxy) is 2. The molecular formula is C13H26O2. The van der Waals surface area contributed by atoms with Gasteiger partial charge in [0.25, 0.3) is 0 Å². The van der Waals surface area contributed by atoms with Gasteiger partial charge in [-0.15, -0.1) is 0 Å². The summed E-state index contributed by atoms with van der Waals surface area (Å²) in [7, 11) is 0. The van der Waals surface area contributed by atoms with Crippen LogP contribution in [-0.2, 0) is 9.47 Å². The van der Waals surface area contributed by atoms with E-state index < -0.39 is 0 Å². The van der Waals surface area contributed by atoms with E-state index in [9.17, 15) is 0 Å². The van der Waals surface area contributed by atoms with Crippen LogP contribution in [0.1, 0.15) is 47.0 Å². The van der Waals surface area contributed by atoms with E-state index in [1.54, 1.807) is 0 Å². The molecule has 0 aromatic carbocycles. The van der Waals surface area contributed by atoms with E-state index in [4.69, 9.17) is 9.47 Å². The van der Waals surface area contributed by atoms with Crippen molar-refractivity contribution in [1.82, 2.24) is 0 Å². The Kier molecular flexibility index (Phi) is 5.62. The second-order valence-electron chi connectivity index (χ2n) is 5.46. The largest absolute Gasteiger partial charge is 0.375 e. The van der Waals surface area contributed by atoms with Crippen LogP contribution in [0.4, 0.5) is 0 Å². The van der Waals surface area contributed by atoms with E-state index >= 15 is 0 Å². The second-order valence-corrected chi connectivity index (χ2v) is 5.46. The predicted molar refractivity (Wildman–Crippen MR) is 63.0 cm³/mol. The van der Waals surface area contributed by atoms with Gasteiger partial charge >= 0.3 is 0 Å². The van der Waals surface area contributed by atoms with Crippen molar-refractivity contribution < 1.29 is 9.47 Å². The second kappa shape index (κ2) is 6.49. The summed E-state index contributed by atoms with van der Waals surface area (Å²) < 4.78 is 11.8. The van der Waals surface area contributed by atoms with Crippen LogP contribution in [0.3, 0.4) is 0 Å². The molecule has 2 atom stereocenters. The first-order valence-electron chi connectivity index (χ1n) is 6.32. The van der Waals surface area contributed by atoms with Crippen molar-refractivity contribution in [3.05, 3.63) is 0 Å². The summed E-state index contributed by atoms with van der Waals surface area (Å²) in [5, 5.41) is 0. The SMILES string of the molecule is CC(C)CO[C@@H]1CCC[C@H]1OCC(C)C. The van der Waals surface area contributed by atoms with Gasteiger partial charge in [0, 0.05) is 13.2 Å². The third-order valence-electron chi connectivity index (χ3n) is 2.68. The van der Waals surface area contributed by atoms with Crippen LogP contribution in [0, 0.1) is 11.8 Å². The van der Waals surface area contributed by atoms with E-state index in [-0.39, 0.29) is 0 Å². The van der Waals surface area contributed by atoms with Gasteiger partial charge in [-0.25, -0.2) is 0 Å². The van der Waals surface area contributed by atoms with Crippen molar-refractivity contribution in [2.24, 2.45) is 11.8 Å². The van der Waals surface area contributed by atoms with Gasteiger partial charge in [-0.2, -0.15) is 0 Å². The molecule has 1 rings (SSSR count). The summed E-state index contributed by atoms with van der Waals surface area (Å²) in [6.45, 7) is 10.5. The molecule has 0 bridgehead atoms. The zero-order chi connectivity index (χ0) is 11.3. The first-order valence-corrected chi connectivity index (χ1v) is 6.32. The van der Waals surface area contributed by atoms with Gasteiger partial charge in [0.1, 0.15) is 0 Å². The summed E-state index contributed by atoms with van der Waals surface area (Å²) in [6.07, 6.45) is 4.31. The van der Waals surface area contributed by atoms with Gasteiger partial charge in [-0.1, -0.05) is 27.7 Å². The van der Waals surface area contributed by atoms with Crippen molar-refractivity contribution in [2.45, 2.75) is 59.2 Å². The smallest absolute Gasteiger partial charge is 0.0836 e. The highest BCUT2D eigenvalue weighted by molar-refractivity contribution is 4.79. The van der Waals surface area contributed by atoms with Crippen LogP contribution in [0.25, 0.3) is 0 Å². The topological polar surface area (TPSA) is 18.5 Å². The normalized spacial score (nSPS) is 26.8. The van der Waals surface area contributed by atoms with Crippen molar-refractivity contribution in [3.8, 4) is 0 Å². The third kappa shape index (κ3) is 4.98. The minimum Gasteiger partial charge on any atom is -0.375 e. The monoisotopic (exact) mass is 214 g/mol. The van der Waals surface area contributed by atoms with Gasteiger partial charge in [-0.05, 0) is 31.1 Å². The lowest BCUT2D eigenvalue weighted by Crippen LogP contribution is -2.28. The summed E-state index contributed by atoms with van der Waals surface area (Å²) in [5.41, 5.74) is 0. The van der Waals surface area contributed by atoms with E-state index in [0.29, 0.717) is 24.0 Å². The van der Waals surface area contributed by atoms with Gasteiger partial charge in [0.2, 0.25) is 0 Å². The molecule has 0 heterocycles. The molecule has 0 spiro atoms. The molecular weight excluding hydrogens is 188 g/mol. The Balaban J connectivity index is 2.23. The molecule has 15 heavy (non-hydrogen) atoms. The first kappa shape index (κ1) is 13.0. The molecule has 1 saturated carbocycles. The number of rotatable bonds is 6. The zero-order valence-electron chi connectivity index (χ0n) is 10.7.